The van der Waals surface area contributed by atoms with Crippen molar-refractivity contribution >= 4 is 44.7 Å². The molecular formula is C25H30BrF2N5O. The number of amides is 1. The molecule has 1 spiro atoms. The molecule has 0 unspecified atom stereocenters. The van der Waals surface area contributed by atoms with Crippen molar-refractivity contribution in [3.8, 4) is 0 Å². The fraction of sp³-hybridized carbons (Fsp3) is 0.520. The van der Waals surface area contributed by atoms with Crippen LogP contribution in [0.5, 0.6) is 0 Å². The number of halogens is 3. The molecule has 0 atom stereocenters. The van der Waals surface area contributed by atoms with E-state index in [1.807, 2.05) is 18.2 Å². The van der Waals surface area contributed by atoms with E-state index in [1.165, 1.54) is 12.8 Å². The van der Waals surface area contributed by atoms with E-state index < -0.39 is 5.92 Å². The summed E-state index contributed by atoms with van der Waals surface area (Å²) in [6, 6.07) is 7.36. The molecule has 182 valence electrons. The highest BCUT2D eigenvalue weighted by molar-refractivity contribution is 9.10. The Morgan fingerprint density at radius 1 is 1.03 bits per heavy atom. The fourth-order valence-corrected chi connectivity index (χ4v) is 5.47. The number of alkyl halides is 2. The van der Waals surface area contributed by atoms with Crippen molar-refractivity contribution < 1.29 is 13.6 Å². The number of nitrogen functional groups attached to an aromatic ring is 1. The number of hydrogen-bond donors (Lipinski definition) is 2. The number of carbonyl (C=O) groups excluding carboxylic acids is 1. The van der Waals surface area contributed by atoms with Crippen LogP contribution >= 0.6 is 15.9 Å². The van der Waals surface area contributed by atoms with Crippen LogP contribution in [-0.4, -0.2) is 43.0 Å². The van der Waals surface area contributed by atoms with E-state index in [9.17, 15) is 13.6 Å². The number of aryl methyl sites for hydroxylation is 1. The average molecular weight is 534 g/mol. The van der Waals surface area contributed by atoms with Crippen molar-refractivity contribution in [2.45, 2.75) is 51.4 Å². The number of carbonyl (C=O) groups is 1. The van der Waals surface area contributed by atoms with E-state index in [0.717, 1.165) is 36.1 Å². The smallest absolute Gasteiger partial charge is 0.257 e. The van der Waals surface area contributed by atoms with Crippen LogP contribution in [0.25, 0.3) is 0 Å². The summed E-state index contributed by atoms with van der Waals surface area (Å²) >= 11 is 3.55. The van der Waals surface area contributed by atoms with E-state index in [0.29, 0.717) is 33.9 Å². The van der Waals surface area contributed by atoms with E-state index in [4.69, 9.17) is 5.73 Å². The Morgan fingerprint density at radius 2 is 1.68 bits per heavy atom. The first-order chi connectivity index (χ1) is 16.1. The molecule has 1 aromatic carbocycles. The molecule has 1 amide bonds. The van der Waals surface area contributed by atoms with Gasteiger partial charge in [0.05, 0.1) is 16.9 Å². The number of hydrogen-bond acceptors (Lipinski definition) is 5. The first kappa shape index (κ1) is 23.3. The minimum atomic E-state index is -2.67. The minimum absolute atomic E-state index is 0.158. The van der Waals surface area contributed by atoms with Crippen LogP contribution in [0, 0.1) is 12.3 Å². The van der Waals surface area contributed by atoms with Gasteiger partial charge in [-0.15, -0.1) is 0 Å². The molecule has 3 fully saturated rings. The number of aromatic nitrogens is 1. The number of rotatable bonds is 4. The van der Waals surface area contributed by atoms with Crippen LogP contribution in [0.4, 0.5) is 31.7 Å². The van der Waals surface area contributed by atoms with Gasteiger partial charge in [-0.25, -0.2) is 13.8 Å². The van der Waals surface area contributed by atoms with Crippen molar-refractivity contribution in [1.29, 1.82) is 0 Å². The molecule has 0 radical (unpaired) electrons. The Labute approximate surface area is 207 Å². The third kappa shape index (κ3) is 4.72. The van der Waals surface area contributed by atoms with E-state index in [-0.39, 0.29) is 31.8 Å². The van der Waals surface area contributed by atoms with Crippen LogP contribution in [0.15, 0.2) is 28.7 Å². The predicted octanol–water partition coefficient (Wildman–Crippen LogP) is 5.60. The van der Waals surface area contributed by atoms with Gasteiger partial charge in [0.1, 0.15) is 5.69 Å². The second-order valence-electron chi connectivity index (χ2n) is 10.00. The minimum Gasteiger partial charge on any atom is -0.397 e. The Hall–Kier alpha value is -2.42. The SMILES string of the molecule is Cc1cc(N)c(NC(=O)c2ccc(Br)cc2N2CCC3(CC2)CC3)c(N2CCC(F)(F)CC2)n1. The van der Waals surface area contributed by atoms with E-state index in [1.54, 1.807) is 17.9 Å². The second kappa shape index (κ2) is 8.66. The molecule has 3 N–H and O–H groups in total. The van der Waals surface area contributed by atoms with Gasteiger partial charge in [0, 0.05) is 49.2 Å². The number of nitrogens with one attached hydrogen (secondary N) is 1. The Bertz CT molecular complexity index is 1100. The van der Waals surface area contributed by atoms with Gasteiger partial charge in [-0.2, -0.15) is 0 Å². The number of benzene rings is 1. The van der Waals surface area contributed by atoms with Gasteiger partial charge >= 0.3 is 0 Å². The van der Waals surface area contributed by atoms with Gasteiger partial charge in [-0.1, -0.05) is 15.9 Å². The molecule has 2 saturated heterocycles. The predicted molar refractivity (Wildman–Crippen MR) is 135 cm³/mol. The molecule has 2 aliphatic heterocycles. The Kier molecular flexibility index (Phi) is 5.94. The van der Waals surface area contributed by atoms with Crippen LogP contribution in [0.2, 0.25) is 0 Å². The summed E-state index contributed by atoms with van der Waals surface area (Å²) < 4.78 is 28.4. The zero-order chi connectivity index (χ0) is 24.1. The van der Waals surface area contributed by atoms with Gasteiger partial charge in [0.15, 0.2) is 5.82 Å². The number of pyridine rings is 1. The molecule has 1 saturated carbocycles. The average Bonchev–Trinajstić information content (AvgIpc) is 3.54. The maximum Gasteiger partial charge on any atom is 0.257 e. The van der Waals surface area contributed by atoms with Gasteiger partial charge in [-0.3, -0.25) is 4.79 Å². The lowest BCUT2D eigenvalue weighted by atomic mass is 9.93. The highest BCUT2D eigenvalue weighted by Gasteiger charge is 2.44. The highest BCUT2D eigenvalue weighted by Crippen LogP contribution is 2.54. The largest absolute Gasteiger partial charge is 0.397 e. The zero-order valence-corrected chi connectivity index (χ0v) is 20.9. The van der Waals surface area contributed by atoms with Crippen LogP contribution < -0.4 is 20.9 Å². The van der Waals surface area contributed by atoms with Crippen molar-refractivity contribution in [3.63, 3.8) is 0 Å². The molecule has 5 rings (SSSR count). The molecule has 0 bridgehead atoms. The van der Waals surface area contributed by atoms with E-state index >= 15 is 0 Å². The third-order valence-corrected chi connectivity index (χ3v) is 8.01. The summed E-state index contributed by atoms with van der Waals surface area (Å²) in [4.78, 5) is 22.2. The molecule has 2 aromatic rings. The molecule has 6 nitrogen and oxygen atoms in total. The van der Waals surface area contributed by atoms with Crippen LogP contribution in [-0.2, 0) is 0 Å². The normalized spacial score (nSPS) is 20.9. The number of piperidine rings is 2. The molecule has 3 heterocycles. The maximum atomic E-state index is 13.7. The van der Waals surface area contributed by atoms with Gasteiger partial charge in [0.25, 0.3) is 11.8 Å². The van der Waals surface area contributed by atoms with Crippen LogP contribution in [0.3, 0.4) is 0 Å². The third-order valence-electron chi connectivity index (χ3n) is 7.52. The molecule has 3 aliphatic rings. The number of nitrogens with zero attached hydrogens (tertiary/aromatic N) is 3. The van der Waals surface area contributed by atoms with Gasteiger partial charge < -0.3 is 20.9 Å². The van der Waals surface area contributed by atoms with Gasteiger partial charge in [-0.05, 0) is 62.3 Å². The van der Waals surface area contributed by atoms with Crippen molar-refractivity contribution in [3.05, 3.63) is 40.0 Å². The fourth-order valence-electron chi connectivity index (χ4n) is 5.12. The second-order valence-corrected chi connectivity index (χ2v) is 10.9. The standard InChI is InChI=1S/C25H30BrF2N5O/c1-16-14-19(29)21(22(30-16)33-12-8-25(27,28)9-13-33)31-23(34)18-3-2-17(26)15-20(18)32-10-6-24(4-5-24)7-11-32/h2-3,14-15H,4-13H2,1H3,(H2,29,30)(H,31,34). The lowest BCUT2D eigenvalue weighted by Gasteiger charge is -2.35. The summed E-state index contributed by atoms with van der Waals surface area (Å²) in [7, 11) is 0. The van der Waals surface area contributed by atoms with Gasteiger partial charge in [0.2, 0.25) is 0 Å². The summed E-state index contributed by atoms with van der Waals surface area (Å²) in [5.74, 6) is -2.50. The summed E-state index contributed by atoms with van der Waals surface area (Å²) in [6.45, 7) is 3.98. The Balaban J connectivity index is 1.42. The quantitative estimate of drug-likeness (QED) is 0.534. The highest BCUT2D eigenvalue weighted by atomic mass is 79.9. The monoisotopic (exact) mass is 533 g/mol. The lowest BCUT2D eigenvalue weighted by Crippen LogP contribution is -2.40. The Morgan fingerprint density at radius 3 is 2.32 bits per heavy atom. The van der Waals surface area contributed by atoms with Crippen molar-refractivity contribution in [1.82, 2.24) is 4.98 Å². The number of anilines is 4. The van der Waals surface area contributed by atoms with Crippen molar-refractivity contribution in [2.24, 2.45) is 5.41 Å². The first-order valence-corrected chi connectivity index (χ1v) is 12.7. The molecule has 1 aliphatic carbocycles. The van der Waals surface area contributed by atoms with Crippen LogP contribution in [0.1, 0.15) is 54.6 Å². The van der Waals surface area contributed by atoms with E-state index in [2.05, 4.69) is 31.1 Å². The molecule has 34 heavy (non-hydrogen) atoms. The molecule has 9 heteroatoms. The maximum absolute atomic E-state index is 13.7. The zero-order valence-electron chi connectivity index (χ0n) is 19.3. The number of nitrogens with two attached hydrogens (primary N) is 1. The summed E-state index contributed by atoms with van der Waals surface area (Å²) in [6.07, 6.45) is 4.44. The molecular weight excluding hydrogens is 504 g/mol. The molecule has 1 aromatic heterocycles. The van der Waals surface area contributed by atoms with Crippen molar-refractivity contribution in [2.75, 3.05) is 47.0 Å². The topological polar surface area (TPSA) is 74.5 Å². The first-order valence-electron chi connectivity index (χ1n) is 11.9. The lowest BCUT2D eigenvalue weighted by molar-refractivity contribution is -0.0221. The summed E-state index contributed by atoms with van der Waals surface area (Å²) in [5, 5.41) is 2.97. The summed E-state index contributed by atoms with van der Waals surface area (Å²) in [5.41, 5.74) is 9.72.